The van der Waals surface area contributed by atoms with Crippen LogP contribution in [0.3, 0.4) is 0 Å². The number of carbonyl (C=O) groups excluding carboxylic acids is 3. The maximum absolute atomic E-state index is 12.3. The molecule has 1 aliphatic carbocycles. The average Bonchev–Trinajstić information content (AvgIpc) is 2.67. The van der Waals surface area contributed by atoms with Crippen molar-refractivity contribution in [3.05, 3.63) is 0 Å². The van der Waals surface area contributed by atoms with Crippen LogP contribution in [-0.2, 0) is 19.1 Å². The van der Waals surface area contributed by atoms with Crippen molar-refractivity contribution < 1.29 is 19.1 Å². The van der Waals surface area contributed by atoms with Crippen LogP contribution in [0.4, 0.5) is 0 Å². The molecule has 2 aliphatic rings. The molecule has 1 saturated heterocycles. The summed E-state index contributed by atoms with van der Waals surface area (Å²) in [5, 5.41) is 5.70. The molecular weight excluding hydrogens is 366 g/mol. The van der Waals surface area contributed by atoms with Crippen molar-refractivity contribution in [2.75, 3.05) is 19.7 Å². The molecule has 1 unspecified atom stereocenters. The summed E-state index contributed by atoms with van der Waals surface area (Å²) in [4.78, 5) is 38.0. The fourth-order valence-electron chi connectivity index (χ4n) is 3.66. The summed E-state index contributed by atoms with van der Waals surface area (Å²) in [5.41, 5.74) is 0. The van der Waals surface area contributed by atoms with E-state index in [1.807, 2.05) is 6.92 Å². The summed E-state index contributed by atoms with van der Waals surface area (Å²) in [7, 11) is 0. The normalized spacial score (nSPS) is 20.7. The van der Waals surface area contributed by atoms with Gasteiger partial charge in [-0.3, -0.25) is 14.4 Å². The minimum atomic E-state index is -0.741. The van der Waals surface area contributed by atoms with Crippen molar-refractivity contribution in [2.24, 2.45) is 5.92 Å². The van der Waals surface area contributed by atoms with Crippen LogP contribution in [0.25, 0.3) is 0 Å². The molecule has 1 saturated carbocycles. The number of nitrogens with zero attached hydrogens (tertiary/aromatic N) is 1. The number of carbonyl (C=O) groups is 3. The molecule has 1 aliphatic heterocycles. The second-order valence-corrected chi connectivity index (χ2v) is 7.71. The van der Waals surface area contributed by atoms with Crippen molar-refractivity contribution in [1.29, 1.82) is 0 Å². The predicted molar refractivity (Wildman–Crippen MR) is 106 cm³/mol. The molecule has 0 aromatic rings. The van der Waals surface area contributed by atoms with E-state index < -0.39 is 12.0 Å². The maximum Gasteiger partial charge on any atom is 0.308 e. The Kier molecular flexibility index (Phi) is 8.97. The zero-order valence-electron chi connectivity index (χ0n) is 16.1. The van der Waals surface area contributed by atoms with Crippen LogP contribution in [-0.4, -0.2) is 53.5 Å². The van der Waals surface area contributed by atoms with Gasteiger partial charge in [0, 0.05) is 19.5 Å². The quantitative estimate of drug-likeness (QED) is 0.504. The topological polar surface area (TPSA) is 87.7 Å². The molecule has 0 spiro atoms. The maximum atomic E-state index is 12.3. The molecule has 152 valence electrons. The van der Waals surface area contributed by atoms with Crippen LogP contribution in [0.2, 0.25) is 0 Å². The molecule has 8 heteroatoms. The van der Waals surface area contributed by atoms with Crippen LogP contribution in [0.5, 0.6) is 0 Å². The first-order chi connectivity index (χ1) is 13.0. The van der Waals surface area contributed by atoms with Gasteiger partial charge in [0.2, 0.25) is 11.8 Å². The lowest BCUT2D eigenvalue weighted by Gasteiger charge is -2.36. The number of nitrogens with one attached hydrogen (secondary N) is 2. The summed E-state index contributed by atoms with van der Waals surface area (Å²) in [6, 6.07) is -0.741. The molecule has 7 nitrogen and oxygen atoms in total. The van der Waals surface area contributed by atoms with E-state index in [0.29, 0.717) is 32.0 Å². The minimum absolute atomic E-state index is 0.0794. The fraction of sp³-hybridized carbons (Fsp3) is 0.789. The highest BCUT2D eigenvalue weighted by molar-refractivity contribution is 7.80. The summed E-state index contributed by atoms with van der Waals surface area (Å²) in [5.74, 6) is -0.201. The van der Waals surface area contributed by atoms with E-state index in [4.69, 9.17) is 17.0 Å². The van der Waals surface area contributed by atoms with Gasteiger partial charge in [0.1, 0.15) is 6.04 Å². The monoisotopic (exact) mass is 397 g/mol. The van der Waals surface area contributed by atoms with Crippen molar-refractivity contribution in [3.63, 3.8) is 0 Å². The van der Waals surface area contributed by atoms with Crippen LogP contribution >= 0.6 is 12.2 Å². The second-order valence-electron chi connectivity index (χ2n) is 7.32. The summed E-state index contributed by atoms with van der Waals surface area (Å²) in [6.45, 7) is 3.12. The van der Waals surface area contributed by atoms with Crippen molar-refractivity contribution in [3.8, 4) is 0 Å². The Labute approximate surface area is 166 Å². The molecule has 2 N–H and O–H groups in total. The zero-order valence-corrected chi connectivity index (χ0v) is 16.9. The minimum Gasteiger partial charge on any atom is -0.466 e. The number of hydrogen-bond acceptors (Lipinski definition) is 5. The standard InChI is InChI=1S/C19H31N3O4S/c1-2-12-26-17(24)13-15-18(25)20-10-11-22(15)19(27)21-16(23)9-8-14-6-4-3-5-7-14/h14-15H,2-13H2,1H3,(H,20,25)(H,21,23,27). The molecule has 27 heavy (non-hydrogen) atoms. The van der Waals surface area contributed by atoms with Gasteiger partial charge < -0.3 is 20.3 Å². The molecule has 2 amide bonds. The first kappa shape index (κ1) is 21.6. The van der Waals surface area contributed by atoms with Gasteiger partial charge in [0.15, 0.2) is 5.11 Å². The van der Waals surface area contributed by atoms with E-state index in [1.54, 1.807) is 4.90 Å². The smallest absolute Gasteiger partial charge is 0.308 e. The van der Waals surface area contributed by atoms with Gasteiger partial charge in [0.25, 0.3) is 0 Å². The van der Waals surface area contributed by atoms with E-state index in [9.17, 15) is 14.4 Å². The highest BCUT2D eigenvalue weighted by atomic mass is 32.1. The predicted octanol–water partition coefficient (Wildman–Crippen LogP) is 1.89. The van der Waals surface area contributed by atoms with E-state index in [-0.39, 0.29) is 23.3 Å². The lowest BCUT2D eigenvalue weighted by atomic mass is 9.86. The van der Waals surface area contributed by atoms with Crippen molar-refractivity contribution in [1.82, 2.24) is 15.5 Å². The SMILES string of the molecule is CCCOC(=O)CC1C(=O)NCCN1C(=S)NC(=O)CCC1CCCCC1. The third-order valence-electron chi connectivity index (χ3n) is 5.17. The summed E-state index contributed by atoms with van der Waals surface area (Å²) >= 11 is 5.35. The Bertz CT molecular complexity index is 549. The molecule has 0 bridgehead atoms. The van der Waals surface area contributed by atoms with Gasteiger partial charge in [-0.05, 0) is 31.0 Å². The lowest BCUT2D eigenvalue weighted by molar-refractivity contribution is -0.147. The Morgan fingerprint density at radius 2 is 2.04 bits per heavy atom. The lowest BCUT2D eigenvalue weighted by Crippen LogP contribution is -2.60. The number of amides is 2. The molecule has 1 atom stereocenters. The third-order valence-corrected chi connectivity index (χ3v) is 5.51. The molecule has 2 rings (SSSR count). The van der Waals surface area contributed by atoms with Crippen molar-refractivity contribution >= 4 is 35.1 Å². The van der Waals surface area contributed by atoms with Gasteiger partial charge >= 0.3 is 5.97 Å². The van der Waals surface area contributed by atoms with Crippen LogP contribution < -0.4 is 10.6 Å². The highest BCUT2D eigenvalue weighted by Gasteiger charge is 2.34. The third kappa shape index (κ3) is 7.08. The molecule has 0 radical (unpaired) electrons. The highest BCUT2D eigenvalue weighted by Crippen LogP contribution is 2.27. The molecule has 2 fully saturated rings. The number of esters is 1. The number of hydrogen-bond donors (Lipinski definition) is 2. The van der Waals surface area contributed by atoms with Gasteiger partial charge in [-0.15, -0.1) is 0 Å². The van der Waals surface area contributed by atoms with Gasteiger partial charge in [-0.1, -0.05) is 39.0 Å². The Hall–Kier alpha value is -1.70. The summed E-state index contributed by atoms with van der Waals surface area (Å²) in [6.07, 6.45) is 8.16. The Morgan fingerprint density at radius 1 is 1.30 bits per heavy atom. The van der Waals surface area contributed by atoms with Gasteiger partial charge in [-0.25, -0.2) is 0 Å². The Balaban J connectivity index is 1.84. The van der Waals surface area contributed by atoms with E-state index in [0.717, 1.165) is 12.8 Å². The summed E-state index contributed by atoms with van der Waals surface area (Å²) < 4.78 is 5.08. The number of thiocarbonyl (C=S) groups is 1. The van der Waals surface area contributed by atoms with E-state index in [2.05, 4.69) is 10.6 Å². The Morgan fingerprint density at radius 3 is 2.74 bits per heavy atom. The molecular formula is C19H31N3O4S. The van der Waals surface area contributed by atoms with Crippen LogP contribution in [0.1, 0.15) is 64.7 Å². The number of ether oxygens (including phenoxy) is 1. The van der Waals surface area contributed by atoms with Gasteiger partial charge in [0.05, 0.1) is 13.0 Å². The second kappa shape index (κ2) is 11.2. The first-order valence-corrected chi connectivity index (χ1v) is 10.5. The van der Waals surface area contributed by atoms with E-state index >= 15 is 0 Å². The molecule has 0 aromatic carbocycles. The first-order valence-electron chi connectivity index (χ1n) is 10.0. The fourth-order valence-corrected chi connectivity index (χ4v) is 3.99. The van der Waals surface area contributed by atoms with Crippen LogP contribution in [0, 0.1) is 5.92 Å². The van der Waals surface area contributed by atoms with Gasteiger partial charge in [-0.2, -0.15) is 0 Å². The largest absolute Gasteiger partial charge is 0.466 e. The average molecular weight is 398 g/mol. The van der Waals surface area contributed by atoms with Crippen LogP contribution in [0.15, 0.2) is 0 Å². The molecule has 0 aromatic heterocycles. The van der Waals surface area contributed by atoms with Crippen molar-refractivity contribution in [2.45, 2.75) is 70.8 Å². The van der Waals surface area contributed by atoms with E-state index in [1.165, 1.54) is 32.1 Å². The molecule has 1 heterocycles. The zero-order chi connectivity index (χ0) is 19.6. The number of rotatable bonds is 7. The number of piperazine rings is 1.